The van der Waals surface area contributed by atoms with Crippen LogP contribution < -0.4 is 9.47 Å². The summed E-state index contributed by atoms with van der Waals surface area (Å²) in [4.78, 5) is 0. The molecule has 0 unspecified atom stereocenters. The summed E-state index contributed by atoms with van der Waals surface area (Å²) in [7, 11) is 0. The second kappa shape index (κ2) is 7.36. The van der Waals surface area contributed by atoms with Crippen LogP contribution in [0.15, 0.2) is 61.2 Å². The molecule has 0 atom stereocenters. The van der Waals surface area contributed by atoms with E-state index >= 15 is 0 Å². The van der Waals surface area contributed by atoms with Crippen LogP contribution in [0.4, 0.5) is 0 Å². The molecule has 0 saturated heterocycles. The smallest absolute Gasteiger partial charge is 0.129 e. The molecule has 2 aromatic carbocycles. The third kappa shape index (κ3) is 3.87. The van der Waals surface area contributed by atoms with E-state index in [4.69, 9.17) is 9.47 Å². The molecule has 0 aliphatic carbocycles. The minimum atomic E-state index is -0.0636. The molecular weight excluding hydrogens is 252 g/mol. The summed E-state index contributed by atoms with van der Waals surface area (Å²) in [6.07, 6.45) is 1.68. The molecule has 2 rings (SSSR count). The summed E-state index contributed by atoms with van der Waals surface area (Å²) >= 11 is 0. The van der Waals surface area contributed by atoms with Gasteiger partial charge < -0.3 is 14.6 Å². The van der Waals surface area contributed by atoms with E-state index in [2.05, 4.69) is 6.58 Å². The van der Waals surface area contributed by atoms with Crippen molar-refractivity contribution >= 4 is 0 Å². The minimum absolute atomic E-state index is 0.0636. The Kier molecular flexibility index (Phi) is 5.21. The Morgan fingerprint density at radius 2 is 1.85 bits per heavy atom. The van der Waals surface area contributed by atoms with E-state index < -0.39 is 0 Å². The van der Waals surface area contributed by atoms with Gasteiger partial charge in [0.05, 0.1) is 6.61 Å². The number of rotatable bonds is 7. The molecule has 2 aromatic rings. The first-order valence-corrected chi connectivity index (χ1v) is 6.47. The molecule has 104 valence electrons. The molecular formula is C17H18O3. The van der Waals surface area contributed by atoms with Gasteiger partial charge in [-0.1, -0.05) is 43.0 Å². The van der Waals surface area contributed by atoms with Gasteiger partial charge >= 0.3 is 0 Å². The van der Waals surface area contributed by atoms with Crippen molar-refractivity contribution in [2.24, 2.45) is 0 Å². The standard InChI is InChI=1S/C17H18O3/c1-2-10-19-16-9-8-15(12-18)17(11-16)20-13-14-6-4-3-5-7-14/h2-9,11,18H,1,10,12-13H2. The molecule has 0 aromatic heterocycles. The Balaban J connectivity index is 2.09. The molecule has 0 radical (unpaired) electrons. The number of benzene rings is 2. The molecule has 0 aliphatic rings. The molecule has 1 N–H and O–H groups in total. The first-order chi connectivity index (χ1) is 9.83. The van der Waals surface area contributed by atoms with Crippen LogP contribution >= 0.6 is 0 Å². The van der Waals surface area contributed by atoms with Gasteiger partial charge in [-0.3, -0.25) is 0 Å². The van der Waals surface area contributed by atoms with E-state index in [1.807, 2.05) is 36.4 Å². The number of aliphatic hydroxyl groups excluding tert-OH is 1. The molecule has 0 amide bonds. The zero-order valence-corrected chi connectivity index (χ0v) is 11.3. The highest BCUT2D eigenvalue weighted by atomic mass is 16.5. The number of ether oxygens (including phenoxy) is 2. The van der Waals surface area contributed by atoms with Crippen molar-refractivity contribution < 1.29 is 14.6 Å². The third-order valence-electron chi connectivity index (χ3n) is 2.81. The van der Waals surface area contributed by atoms with Crippen LogP contribution in [-0.4, -0.2) is 11.7 Å². The minimum Gasteiger partial charge on any atom is -0.489 e. The number of aliphatic hydroxyl groups is 1. The van der Waals surface area contributed by atoms with E-state index in [1.54, 1.807) is 18.2 Å². The topological polar surface area (TPSA) is 38.7 Å². The van der Waals surface area contributed by atoms with Gasteiger partial charge in [0.25, 0.3) is 0 Å². The van der Waals surface area contributed by atoms with E-state index in [1.165, 1.54) is 0 Å². The van der Waals surface area contributed by atoms with E-state index in [0.29, 0.717) is 24.7 Å². The van der Waals surface area contributed by atoms with Gasteiger partial charge in [0, 0.05) is 11.6 Å². The molecule has 0 bridgehead atoms. The molecule has 0 fully saturated rings. The lowest BCUT2D eigenvalue weighted by molar-refractivity contribution is 0.257. The average Bonchev–Trinajstić information content (AvgIpc) is 2.52. The first kappa shape index (κ1) is 14.2. The fraction of sp³-hybridized carbons (Fsp3) is 0.176. The van der Waals surface area contributed by atoms with Crippen molar-refractivity contribution in [1.82, 2.24) is 0 Å². The third-order valence-corrected chi connectivity index (χ3v) is 2.81. The zero-order chi connectivity index (χ0) is 14.2. The van der Waals surface area contributed by atoms with Crippen molar-refractivity contribution in [1.29, 1.82) is 0 Å². The van der Waals surface area contributed by atoms with Gasteiger partial charge in [0.15, 0.2) is 0 Å². The van der Waals surface area contributed by atoms with Crippen molar-refractivity contribution in [3.8, 4) is 11.5 Å². The fourth-order valence-corrected chi connectivity index (χ4v) is 1.78. The second-order valence-corrected chi connectivity index (χ2v) is 4.30. The summed E-state index contributed by atoms with van der Waals surface area (Å²) in [6, 6.07) is 15.3. The lowest BCUT2D eigenvalue weighted by atomic mass is 10.2. The van der Waals surface area contributed by atoms with Crippen molar-refractivity contribution in [2.45, 2.75) is 13.2 Å². The highest BCUT2D eigenvalue weighted by Crippen LogP contribution is 2.26. The maximum absolute atomic E-state index is 9.35. The summed E-state index contributed by atoms with van der Waals surface area (Å²) in [5, 5.41) is 9.35. The molecule has 0 aliphatic heterocycles. The van der Waals surface area contributed by atoms with Crippen LogP contribution in [0.5, 0.6) is 11.5 Å². The van der Waals surface area contributed by atoms with Crippen molar-refractivity contribution in [3.05, 3.63) is 72.3 Å². The molecule has 0 spiro atoms. The Hall–Kier alpha value is -2.26. The number of hydrogen-bond acceptors (Lipinski definition) is 3. The maximum Gasteiger partial charge on any atom is 0.129 e. The van der Waals surface area contributed by atoms with Gasteiger partial charge in [0.1, 0.15) is 24.7 Å². The van der Waals surface area contributed by atoms with Gasteiger partial charge in [-0.2, -0.15) is 0 Å². The Labute approximate surface area is 119 Å². The summed E-state index contributed by atoms with van der Waals surface area (Å²) in [6.45, 7) is 4.45. The van der Waals surface area contributed by atoms with Gasteiger partial charge in [0.2, 0.25) is 0 Å². The fourth-order valence-electron chi connectivity index (χ4n) is 1.78. The molecule has 3 nitrogen and oxygen atoms in total. The van der Waals surface area contributed by atoms with Crippen LogP contribution in [0, 0.1) is 0 Å². The largest absolute Gasteiger partial charge is 0.489 e. The van der Waals surface area contributed by atoms with Gasteiger partial charge in [-0.05, 0) is 17.7 Å². The Bertz CT molecular complexity index is 549. The van der Waals surface area contributed by atoms with Crippen LogP contribution in [-0.2, 0) is 13.2 Å². The number of hydrogen-bond donors (Lipinski definition) is 1. The summed E-state index contributed by atoms with van der Waals surface area (Å²) in [5.41, 5.74) is 1.82. The second-order valence-electron chi connectivity index (χ2n) is 4.30. The predicted molar refractivity (Wildman–Crippen MR) is 78.8 cm³/mol. The first-order valence-electron chi connectivity index (χ1n) is 6.47. The lowest BCUT2D eigenvalue weighted by Gasteiger charge is -2.12. The highest BCUT2D eigenvalue weighted by molar-refractivity contribution is 5.40. The molecule has 20 heavy (non-hydrogen) atoms. The quantitative estimate of drug-likeness (QED) is 0.784. The summed E-state index contributed by atoms with van der Waals surface area (Å²) in [5.74, 6) is 1.34. The summed E-state index contributed by atoms with van der Waals surface area (Å²) < 4.78 is 11.2. The average molecular weight is 270 g/mol. The molecule has 0 saturated carbocycles. The van der Waals surface area contributed by atoms with E-state index in [9.17, 15) is 5.11 Å². The van der Waals surface area contributed by atoms with E-state index in [0.717, 1.165) is 11.1 Å². The van der Waals surface area contributed by atoms with Crippen LogP contribution in [0.3, 0.4) is 0 Å². The predicted octanol–water partition coefficient (Wildman–Crippen LogP) is 3.32. The Morgan fingerprint density at radius 1 is 1.05 bits per heavy atom. The normalized spacial score (nSPS) is 10.1. The van der Waals surface area contributed by atoms with Crippen LogP contribution in [0.2, 0.25) is 0 Å². The van der Waals surface area contributed by atoms with Gasteiger partial charge in [-0.15, -0.1) is 0 Å². The van der Waals surface area contributed by atoms with Crippen molar-refractivity contribution in [3.63, 3.8) is 0 Å². The Morgan fingerprint density at radius 3 is 2.55 bits per heavy atom. The zero-order valence-electron chi connectivity index (χ0n) is 11.3. The van der Waals surface area contributed by atoms with Crippen LogP contribution in [0.1, 0.15) is 11.1 Å². The molecule has 3 heteroatoms. The molecule has 0 heterocycles. The van der Waals surface area contributed by atoms with E-state index in [-0.39, 0.29) is 6.61 Å². The monoisotopic (exact) mass is 270 g/mol. The van der Waals surface area contributed by atoms with Crippen LogP contribution in [0.25, 0.3) is 0 Å². The highest BCUT2D eigenvalue weighted by Gasteiger charge is 2.06. The van der Waals surface area contributed by atoms with Crippen molar-refractivity contribution in [2.75, 3.05) is 6.61 Å². The SMILES string of the molecule is C=CCOc1ccc(CO)c(OCc2ccccc2)c1. The maximum atomic E-state index is 9.35. The lowest BCUT2D eigenvalue weighted by Crippen LogP contribution is -2.00. The van der Waals surface area contributed by atoms with Gasteiger partial charge in [-0.25, -0.2) is 0 Å².